The SMILES string of the molecule is c1ccc(N2CCC23CCN(C2Cc4ccccc4C2)CC3)cc1. The highest BCUT2D eigenvalue weighted by atomic mass is 15.3. The number of para-hydroxylation sites is 1. The van der Waals surface area contributed by atoms with Crippen LogP contribution in [-0.2, 0) is 12.8 Å². The first-order valence-electron chi connectivity index (χ1n) is 9.48. The van der Waals surface area contributed by atoms with Crippen molar-refractivity contribution in [2.45, 2.75) is 43.7 Å². The van der Waals surface area contributed by atoms with Crippen LogP contribution in [0.25, 0.3) is 0 Å². The van der Waals surface area contributed by atoms with Crippen molar-refractivity contribution in [1.82, 2.24) is 4.90 Å². The third-order valence-corrected chi connectivity index (χ3v) is 6.72. The summed E-state index contributed by atoms with van der Waals surface area (Å²) in [5, 5.41) is 0. The first-order valence-corrected chi connectivity index (χ1v) is 9.48. The Balaban J connectivity index is 1.26. The molecule has 24 heavy (non-hydrogen) atoms. The monoisotopic (exact) mass is 318 g/mol. The van der Waals surface area contributed by atoms with E-state index in [2.05, 4.69) is 64.4 Å². The summed E-state index contributed by atoms with van der Waals surface area (Å²) in [5.41, 5.74) is 5.03. The van der Waals surface area contributed by atoms with E-state index >= 15 is 0 Å². The maximum atomic E-state index is 2.77. The first kappa shape index (κ1) is 14.5. The molecule has 0 aromatic heterocycles. The van der Waals surface area contributed by atoms with Gasteiger partial charge >= 0.3 is 0 Å². The number of hydrogen-bond donors (Lipinski definition) is 0. The van der Waals surface area contributed by atoms with Crippen LogP contribution in [0.3, 0.4) is 0 Å². The van der Waals surface area contributed by atoms with Gasteiger partial charge in [-0.1, -0.05) is 42.5 Å². The minimum atomic E-state index is 0.448. The number of anilines is 1. The van der Waals surface area contributed by atoms with E-state index in [1.807, 2.05) is 0 Å². The predicted octanol–water partition coefficient (Wildman–Crippen LogP) is 3.90. The molecule has 2 fully saturated rings. The predicted molar refractivity (Wildman–Crippen MR) is 99.6 cm³/mol. The number of benzene rings is 2. The molecule has 1 aliphatic carbocycles. The van der Waals surface area contributed by atoms with Gasteiger partial charge in [0.15, 0.2) is 0 Å². The molecule has 0 radical (unpaired) electrons. The highest BCUT2D eigenvalue weighted by Gasteiger charge is 2.47. The fourth-order valence-electron chi connectivity index (χ4n) is 5.17. The van der Waals surface area contributed by atoms with Gasteiger partial charge in [-0.15, -0.1) is 0 Å². The molecule has 2 aromatic rings. The second-order valence-corrected chi connectivity index (χ2v) is 7.83. The zero-order chi connectivity index (χ0) is 16.0. The molecule has 0 N–H and O–H groups in total. The fraction of sp³-hybridized carbons (Fsp3) is 0.455. The van der Waals surface area contributed by atoms with Crippen LogP contribution in [-0.4, -0.2) is 36.1 Å². The van der Waals surface area contributed by atoms with Gasteiger partial charge in [0.1, 0.15) is 0 Å². The van der Waals surface area contributed by atoms with Gasteiger partial charge in [-0.05, 0) is 55.4 Å². The number of piperidine rings is 1. The van der Waals surface area contributed by atoms with Crippen LogP contribution in [0.2, 0.25) is 0 Å². The highest BCUT2D eigenvalue weighted by molar-refractivity contribution is 5.52. The number of fused-ring (bicyclic) bond motifs is 1. The summed E-state index contributed by atoms with van der Waals surface area (Å²) in [6.45, 7) is 3.77. The molecule has 5 rings (SSSR count). The number of hydrogen-bond acceptors (Lipinski definition) is 2. The van der Waals surface area contributed by atoms with Gasteiger partial charge in [0.2, 0.25) is 0 Å². The maximum absolute atomic E-state index is 2.77. The minimum absolute atomic E-state index is 0.448. The summed E-state index contributed by atoms with van der Waals surface area (Å²) in [4.78, 5) is 5.44. The Morgan fingerprint density at radius 2 is 1.29 bits per heavy atom. The van der Waals surface area contributed by atoms with Gasteiger partial charge in [0.05, 0.1) is 0 Å². The second-order valence-electron chi connectivity index (χ2n) is 7.83. The summed E-state index contributed by atoms with van der Waals surface area (Å²) in [7, 11) is 0. The van der Waals surface area contributed by atoms with Crippen LogP contribution in [0.15, 0.2) is 54.6 Å². The van der Waals surface area contributed by atoms with E-state index in [0.717, 1.165) is 6.04 Å². The summed E-state index contributed by atoms with van der Waals surface area (Å²) < 4.78 is 0. The van der Waals surface area contributed by atoms with Gasteiger partial charge in [-0.25, -0.2) is 0 Å². The molecule has 2 nitrogen and oxygen atoms in total. The van der Waals surface area contributed by atoms with E-state index < -0.39 is 0 Å². The lowest BCUT2D eigenvalue weighted by Gasteiger charge is -2.58. The van der Waals surface area contributed by atoms with Crippen LogP contribution in [0, 0.1) is 0 Å². The molecular formula is C22H26N2. The van der Waals surface area contributed by atoms with Crippen molar-refractivity contribution in [1.29, 1.82) is 0 Å². The van der Waals surface area contributed by atoms with Crippen molar-refractivity contribution in [3.05, 3.63) is 65.7 Å². The molecule has 0 bridgehead atoms. The standard InChI is InChI=1S/C22H26N2/c1-2-8-20(9-3-1)24-15-12-22(24)10-13-23(14-11-22)21-16-18-6-4-5-7-19(18)17-21/h1-9,21H,10-17H2. The zero-order valence-corrected chi connectivity index (χ0v) is 14.3. The third-order valence-electron chi connectivity index (χ3n) is 6.72. The summed E-state index contributed by atoms with van der Waals surface area (Å²) in [5.74, 6) is 0. The lowest BCUT2D eigenvalue weighted by atomic mass is 9.75. The largest absolute Gasteiger partial charge is 0.366 e. The lowest BCUT2D eigenvalue weighted by Crippen LogP contribution is -2.65. The Bertz CT molecular complexity index is 691. The summed E-state index contributed by atoms with van der Waals surface area (Å²) in [6, 6.07) is 20.8. The number of rotatable bonds is 2. The Labute approximate surface area is 145 Å². The van der Waals surface area contributed by atoms with Crippen molar-refractivity contribution in [3.8, 4) is 0 Å². The van der Waals surface area contributed by atoms with E-state index in [0.29, 0.717) is 5.54 Å². The molecule has 3 aliphatic rings. The van der Waals surface area contributed by atoms with Crippen LogP contribution in [0.5, 0.6) is 0 Å². The number of nitrogens with zero attached hydrogens (tertiary/aromatic N) is 2. The average molecular weight is 318 g/mol. The lowest BCUT2D eigenvalue weighted by molar-refractivity contribution is 0.0876. The summed E-state index contributed by atoms with van der Waals surface area (Å²) >= 11 is 0. The molecule has 0 amide bonds. The molecule has 124 valence electrons. The van der Waals surface area contributed by atoms with Gasteiger partial charge in [0.25, 0.3) is 0 Å². The Hall–Kier alpha value is -1.80. The molecule has 2 heteroatoms. The minimum Gasteiger partial charge on any atom is -0.366 e. The second kappa shape index (κ2) is 5.63. The molecule has 0 atom stereocenters. The summed E-state index contributed by atoms with van der Waals surface area (Å²) in [6.07, 6.45) is 6.54. The van der Waals surface area contributed by atoms with Crippen molar-refractivity contribution < 1.29 is 0 Å². The molecular weight excluding hydrogens is 292 g/mol. The first-order chi connectivity index (χ1) is 11.8. The smallest absolute Gasteiger partial charge is 0.0443 e. The Morgan fingerprint density at radius 1 is 0.708 bits per heavy atom. The van der Waals surface area contributed by atoms with E-state index in [1.165, 1.54) is 57.4 Å². The van der Waals surface area contributed by atoms with E-state index in [-0.39, 0.29) is 0 Å². The van der Waals surface area contributed by atoms with E-state index in [1.54, 1.807) is 11.1 Å². The van der Waals surface area contributed by atoms with E-state index in [9.17, 15) is 0 Å². The topological polar surface area (TPSA) is 6.48 Å². The maximum Gasteiger partial charge on any atom is 0.0443 e. The molecule has 2 aromatic carbocycles. The van der Waals surface area contributed by atoms with Gasteiger partial charge in [0, 0.05) is 36.9 Å². The molecule has 1 spiro atoms. The van der Waals surface area contributed by atoms with Gasteiger partial charge in [-0.2, -0.15) is 0 Å². The van der Waals surface area contributed by atoms with Crippen molar-refractivity contribution in [3.63, 3.8) is 0 Å². The van der Waals surface area contributed by atoms with Gasteiger partial charge < -0.3 is 4.90 Å². The van der Waals surface area contributed by atoms with Crippen molar-refractivity contribution >= 4 is 5.69 Å². The van der Waals surface area contributed by atoms with Crippen LogP contribution in [0.4, 0.5) is 5.69 Å². The third kappa shape index (κ3) is 2.28. The molecule has 2 saturated heterocycles. The van der Waals surface area contributed by atoms with Gasteiger partial charge in [-0.3, -0.25) is 4.90 Å². The molecule has 2 heterocycles. The normalized spacial score (nSPS) is 23.2. The Morgan fingerprint density at radius 3 is 1.88 bits per heavy atom. The molecule has 0 saturated carbocycles. The number of likely N-dealkylation sites (tertiary alicyclic amines) is 1. The Kier molecular flexibility index (Phi) is 3.41. The zero-order valence-electron chi connectivity index (χ0n) is 14.3. The van der Waals surface area contributed by atoms with Crippen molar-refractivity contribution in [2.75, 3.05) is 24.5 Å². The van der Waals surface area contributed by atoms with Crippen LogP contribution >= 0.6 is 0 Å². The fourth-order valence-corrected chi connectivity index (χ4v) is 5.17. The average Bonchev–Trinajstić information content (AvgIpc) is 3.06. The quantitative estimate of drug-likeness (QED) is 0.828. The van der Waals surface area contributed by atoms with Crippen molar-refractivity contribution in [2.24, 2.45) is 0 Å². The highest BCUT2D eigenvalue weighted by Crippen LogP contribution is 2.43. The van der Waals surface area contributed by atoms with Crippen LogP contribution in [0.1, 0.15) is 30.4 Å². The van der Waals surface area contributed by atoms with Crippen LogP contribution < -0.4 is 4.90 Å². The molecule has 2 aliphatic heterocycles. The van der Waals surface area contributed by atoms with E-state index in [4.69, 9.17) is 0 Å². The molecule has 0 unspecified atom stereocenters.